The molecule has 0 bridgehead atoms. The van der Waals surface area contributed by atoms with E-state index in [1.807, 2.05) is 0 Å². The second-order valence-corrected chi connectivity index (χ2v) is 6.78. The average molecular weight is 283 g/mol. The van der Waals surface area contributed by atoms with E-state index in [1.54, 1.807) is 32.9 Å². The summed E-state index contributed by atoms with van der Waals surface area (Å²) in [6.07, 6.45) is 2.31. The summed E-state index contributed by atoms with van der Waals surface area (Å²) in [4.78, 5) is 10.5. The van der Waals surface area contributed by atoms with Crippen molar-refractivity contribution < 1.29 is 18.3 Å². The third-order valence-corrected chi connectivity index (χ3v) is 3.78. The number of rotatable bonds is 4. The summed E-state index contributed by atoms with van der Waals surface area (Å²) in [6.45, 7) is 5.25. The highest BCUT2D eigenvalue weighted by molar-refractivity contribution is 7.89. The lowest BCUT2D eigenvalue weighted by atomic mass is 10.1. The molecule has 0 unspecified atom stereocenters. The van der Waals surface area contributed by atoms with Crippen LogP contribution in [0.5, 0.6) is 0 Å². The van der Waals surface area contributed by atoms with Crippen LogP contribution in [-0.2, 0) is 14.8 Å². The fourth-order valence-electron chi connectivity index (χ4n) is 1.41. The van der Waals surface area contributed by atoms with Crippen molar-refractivity contribution >= 4 is 22.1 Å². The minimum absolute atomic E-state index is 0.106. The predicted molar refractivity (Wildman–Crippen MR) is 73.2 cm³/mol. The van der Waals surface area contributed by atoms with Crippen molar-refractivity contribution in [1.29, 1.82) is 0 Å². The summed E-state index contributed by atoms with van der Waals surface area (Å²) < 4.78 is 26.7. The SMILES string of the molecule is CC(C)(C)NS(=O)(=O)c1cccc(C=CC(=O)O)c1. The fraction of sp³-hybridized carbons (Fsp3) is 0.308. The topological polar surface area (TPSA) is 83.5 Å². The van der Waals surface area contributed by atoms with Crippen LogP contribution in [0.15, 0.2) is 35.2 Å². The Morgan fingerprint density at radius 1 is 1.32 bits per heavy atom. The van der Waals surface area contributed by atoms with Gasteiger partial charge in [-0.05, 0) is 44.5 Å². The first kappa shape index (κ1) is 15.4. The largest absolute Gasteiger partial charge is 0.478 e. The first-order valence-corrected chi connectivity index (χ1v) is 7.13. The zero-order chi connectivity index (χ0) is 14.7. The smallest absolute Gasteiger partial charge is 0.328 e. The van der Waals surface area contributed by atoms with Crippen LogP contribution >= 0.6 is 0 Å². The normalized spacial score (nSPS) is 12.8. The van der Waals surface area contributed by atoms with Crippen LogP contribution in [0.2, 0.25) is 0 Å². The summed E-state index contributed by atoms with van der Waals surface area (Å²) in [5, 5.41) is 8.54. The summed E-state index contributed by atoms with van der Waals surface area (Å²) in [7, 11) is -3.61. The van der Waals surface area contributed by atoms with E-state index >= 15 is 0 Å². The van der Waals surface area contributed by atoms with E-state index in [4.69, 9.17) is 5.11 Å². The van der Waals surface area contributed by atoms with Crippen molar-refractivity contribution in [3.8, 4) is 0 Å². The Hall–Kier alpha value is -1.66. The van der Waals surface area contributed by atoms with Gasteiger partial charge in [-0.25, -0.2) is 17.9 Å². The first-order valence-electron chi connectivity index (χ1n) is 5.65. The Morgan fingerprint density at radius 3 is 2.47 bits per heavy atom. The molecule has 0 saturated carbocycles. The maximum absolute atomic E-state index is 12.1. The van der Waals surface area contributed by atoms with Crippen molar-refractivity contribution in [1.82, 2.24) is 4.72 Å². The predicted octanol–water partition coefficient (Wildman–Crippen LogP) is 1.86. The van der Waals surface area contributed by atoms with Gasteiger partial charge in [0.05, 0.1) is 4.90 Å². The fourth-order valence-corrected chi connectivity index (χ4v) is 2.89. The minimum atomic E-state index is -3.61. The van der Waals surface area contributed by atoms with Crippen molar-refractivity contribution in [2.24, 2.45) is 0 Å². The lowest BCUT2D eigenvalue weighted by Gasteiger charge is -2.20. The van der Waals surface area contributed by atoms with E-state index in [1.165, 1.54) is 18.2 Å². The van der Waals surface area contributed by atoms with E-state index in [0.717, 1.165) is 6.08 Å². The van der Waals surface area contributed by atoms with Gasteiger partial charge in [-0.1, -0.05) is 12.1 Å². The van der Waals surface area contributed by atoms with Crippen molar-refractivity contribution in [3.63, 3.8) is 0 Å². The minimum Gasteiger partial charge on any atom is -0.478 e. The molecule has 0 radical (unpaired) electrons. The number of carbonyl (C=O) groups is 1. The van der Waals surface area contributed by atoms with Crippen molar-refractivity contribution in [2.45, 2.75) is 31.2 Å². The summed E-state index contributed by atoms with van der Waals surface area (Å²) >= 11 is 0. The molecule has 0 fully saturated rings. The van der Waals surface area contributed by atoms with Crippen LogP contribution in [0.4, 0.5) is 0 Å². The Labute approximate surface area is 113 Å². The molecule has 1 aromatic carbocycles. The van der Waals surface area contributed by atoms with Crippen LogP contribution in [-0.4, -0.2) is 25.0 Å². The van der Waals surface area contributed by atoms with E-state index in [2.05, 4.69) is 4.72 Å². The van der Waals surface area contributed by atoms with E-state index in [-0.39, 0.29) is 4.90 Å². The van der Waals surface area contributed by atoms with Gasteiger partial charge >= 0.3 is 5.97 Å². The van der Waals surface area contributed by atoms with Gasteiger partial charge in [0.25, 0.3) is 0 Å². The molecular weight excluding hydrogens is 266 g/mol. The molecule has 1 rings (SSSR count). The molecular formula is C13H17NO4S. The van der Waals surface area contributed by atoms with Crippen LogP contribution in [0, 0.1) is 0 Å². The highest BCUT2D eigenvalue weighted by atomic mass is 32.2. The van der Waals surface area contributed by atoms with Gasteiger partial charge in [0.15, 0.2) is 0 Å². The Morgan fingerprint density at radius 2 is 1.95 bits per heavy atom. The molecule has 0 aliphatic carbocycles. The van der Waals surface area contributed by atoms with E-state index in [0.29, 0.717) is 5.56 Å². The van der Waals surface area contributed by atoms with Gasteiger partial charge < -0.3 is 5.11 Å². The molecule has 0 aliphatic heterocycles. The molecule has 5 nitrogen and oxygen atoms in total. The Kier molecular flexibility index (Phi) is 4.49. The number of hydrogen-bond donors (Lipinski definition) is 2. The number of nitrogens with one attached hydrogen (secondary N) is 1. The maximum Gasteiger partial charge on any atom is 0.328 e. The van der Waals surface area contributed by atoms with Gasteiger partial charge in [0.2, 0.25) is 10.0 Å². The molecule has 0 amide bonds. The summed E-state index contributed by atoms with van der Waals surface area (Å²) in [5.41, 5.74) is -0.0645. The molecule has 0 atom stereocenters. The van der Waals surface area contributed by atoms with E-state index in [9.17, 15) is 13.2 Å². The third kappa shape index (κ3) is 5.23. The number of aliphatic carboxylic acids is 1. The van der Waals surface area contributed by atoms with Gasteiger partial charge in [0, 0.05) is 11.6 Å². The molecule has 0 heterocycles. The second kappa shape index (κ2) is 5.54. The number of carboxylic acid groups (broad SMARTS) is 1. The molecule has 104 valence electrons. The highest BCUT2D eigenvalue weighted by Crippen LogP contribution is 2.15. The Balaban J connectivity index is 3.09. The van der Waals surface area contributed by atoms with Gasteiger partial charge in [-0.3, -0.25) is 0 Å². The molecule has 0 saturated heterocycles. The van der Waals surface area contributed by atoms with Crippen molar-refractivity contribution in [3.05, 3.63) is 35.9 Å². The zero-order valence-electron chi connectivity index (χ0n) is 11.0. The van der Waals surface area contributed by atoms with Gasteiger partial charge in [-0.15, -0.1) is 0 Å². The van der Waals surface area contributed by atoms with Gasteiger partial charge in [-0.2, -0.15) is 0 Å². The molecule has 0 spiro atoms. The van der Waals surface area contributed by atoms with Crippen LogP contribution in [0.25, 0.3) is 6.08 Å². The number of hydrogen-bond acceptors (Lipinski definition) is 3. The molecule has 2 N–H and O–H groups in total. The third-order valence-electron chi connectivity index (χ3n) is 2.03. The Bertz CT molecular complexity index is 597. The van der Waals surface area contributed by atoms with Crippen molar-refractivity contribution in [2.75, 3.05) is 0 Å². The molecule has 0 aromatic heterocycles. The van der Waals surface area contributed by atoms with Gasteiger partial charge in [0.1, 0.15) is 0 Å². The monoisotopic (exact) mass is 283 g/mol. The summed E-state index contributed by atoms with van der Waals surface area (Å²) in [5.74, 6) is -1.08. The maximum atomic E-state index is 12.1. The average Bonchev–Trinajstić information content (AvgIpc) is 2.23. The highest BCUT2D eigenvalue weighted by Gasteiger charge is 2.21. The molecule has 1 aromatic rings. The zero-order valence-corrected chi connectivity index (χ0v) is 11.9. The number of sulfonamides is 1. The van der Waals surface area contributed by atoms with Crippen LogP contribution in [0.3, 0.4) is 0 Å². The second-order valence-electron chi connectivity index (χ2n) is 5.10. The lowest BCUT2D eigenvalue weighted by Crippen LogP contribution is -2.40. The number of carboxylic acids is 1. The first-order chi connectivity index (χ1) is 8.60. The standard InChI is InChI=1S/C13H17NO4S/c1-13(2,3)14-19(17,18)11-6-4-5-10(9-11)7-8-12(15)16/h4-9,14H,1-3H3,(H,15,16). The number of benzene rings is 1. The lowest BCUT2D eigenvalue weighted by molar-refractivity contribution is -0.131. The quantitative estimate of drug-likeness (QED) is 0.826. The molecule has 0 aliphatic rings. The van der Waals surface area contributed by atoms with E-state index < -0.39 is 21.5 Å². The van der Waals surface area contributed by atoms with Crippen LogP contribution in [0.1, 0.15) is 26.3 Å². The molecule has 6 heteroatoms. The molecule has 19 heavy (non-hydrogen) atoms. The van der Waals surface area contributed by atoms with Crippen LogP contribution < -0.4 is 4.72 Å². The summed E-state index contributed by atoms with van der Waals surface area (Å²) in [6, 6.07) is 6.09.